The topological polar surface area (TPSA) is 47.9 Å². The summed E-state index contributed by atoms with van der Waals surface area (Å²) in [6, 6.07) is 15.3. The van der Waals surface area contributed by atoms with Gasteiger partial charge in [0.2, 0.25) is 0 Å². The Hall–Kier alpha value is -1.92. The predicted octanol–water partition coefficient (Wildman–Crippen LogP) is 3.26. The van der Waals surface area contributed by atoms with Gasteiger partial charge in [-0.2, -0.15) is 5.10 Å². The fraction of sp³-hybridized carbons (Fsp3) is 0.300. The zero-order chi connectivity index (χ0) is 19.1. The molecule has 0 radical (unpaired) electrons. The van der Waals surface area contributed by atoms with Crippen LogP contribution in [0.2, 0.25) is 10.0 Å². The highest BCUT2D eigenvalue weighted by molar-refractivity contribution is 6.33. The molecule has 27 heavy (non-hydrogen) atoms. The molecule has 1 N–H and O–H groups in total. The lowest BCUT2D eigenvalue weighted by Crippen LogP contribution is -2.48. The van der Waals surface area contributed by atoms with E-state index in [1.54, 1.807) is 12.3 Å². The number of hydrogen-bond acceptors (Lipinski definition) is 4. The zero-order valence-corrected chi connectivity index (χ0v) is 16.5. The van der Waals surface area contributed by atoms with E-state index in [9.17, 15) is 4.79 Å². The summed E-state index contributed by atoms with van der Waals surface area (Å²) in [5, 5.41) is 5.35. The normalized spacial score (nSPS) is 15.9. The van der Waals surface area contributed by atoms with Crippen LogP contribution >= 0.6 is 23.2 Å². The Balaban J connectivity index is 1.39. The summed E-state index contributed by atoms with van der Waals surface area (Å²) >= 11 is 12.0. The maximum atomic E-state index is 12.1. The molecule has 0 atom stereocenters. The van der Waals surface area contributed by atoms with Crippen LogP contribution in [0.3, 0.4) is 0 Å². The number of nitrogens with zero attached hydrogens (tertiary/aromatic N) is 3. The lowest BCUT2D eigenvalue weighted by Gasteiger charge is -2.34. The van der Waals surface area contributed by atoms with Gasteiger partial charge in [-0.05, 0) is 23.8 Å². The van der Waals surface area contributed by atoms with Crippen molar-refractivity contribution in [1.82, 2.24) is 15.2 Å². The Morgan fingerprint density at radius 2 is 1.67 bits per heavy atom. The first kappa shape index (κ1) is 19.8. The predicted molar refractivity (Wildman–Crippen MR) is 110 cm³/mol. The van der Waals surface area contributed by atoms with Crippen LogP contribution in [0, 0.1) is 0 Å². The number of carbonyl (C=O) groups is 1. The molecule has 0 unspecified atom stereocenters. The molecule has 1 saturated heterocycles. The van der Waals surface area contributed by atoms with Crippen LogP contribution in [0.4, 0.5) is 0 Å². The van der Waals surface area contributed by atoms with Gasteiger partial charge in [-0.25, -0.2) is 5.43 Å². The van der Waals surface area contributed by atoms with Crippen LogP contribution < -0.4 is 5.43 Å². The molecule has 1 heterocycles. The molecule has 0 spiro atoms. The van der Waals surface area contributed by atoms with Crippen molar-refractivity contribution in [2.75, 3.05) is 32.7 Å². The second-order valence-corrected chi connectivity index (χ2v) is 7.34. The smallest absolute Gasteiger partial charge is 0.254 e. The third-order valence-electron chi connectivity index (χ3n) is 4.45. The number of benzene rings is 2. The Bertz CT molecular complexity index is 787. The molecule has 2 aromatic rings. The first-order valence-corrected chi connectivity index (χ1v) is 9.61. The molecule has 2 aromatic carbocycles. The molecule has 1 fully saturated rings. The number of carbonyl (C=O) groups excluding carboxylic acids is 1. The largest absolute Gasteiger partial charge is 0.297 e. The van der Waals surface area contributed by atoms with E-state index in [2.05, 4.69) is 32.5 Å². The van der Waals surface area contributed by atoms with Crippen molar-refractivity contribution < 1.29 is 4.79 Å². The first-order chi connectivity index (χ1) is 13.1. The maximum absolute atomic E-state index is 12.1. The highest BCUT2D eigenvalue weighted by atomic mass is 35.5. The SMILES string of the molecule is O=C(CN1CCN(Cc2ccc(Cl)cc2)CC1)N/N=C/c1ccccc1Cl. The summed E-state index contributed by atoms with van der Waals surface area (Å²) in [6.07, 6.45) is 1.56. The molecule has 0 bridgehead atoms. The van der Waals surface area contributed by atoms with Crippen LogP contribution in [0.5, 0.6) is 0 Å². The molecule has 5 nitrogen and oxygen atoms in total. The van der Waals surface area contributed by atoms with Crippen molar-refractivity contribution >= 4 is 35.3 Å². The van der Waals surface area contributed by atoms with Gasteiger partial charge in [-0.15, -0.1) is 0 Å². The molecule has 1 aliphatic heterocycles. The van der Waals surface area contributed by atoms with E-state index < -0.39 is 0 Å². The molecule has 0 aliphatic carbocycles. The van der Waals surface area contributed by atoms with E-state index in [0.29, 0.717) is 11.6 Å². The van der Waals surface area contributed by atoms with E-state index in [-0.39, 0.29) is 5.91 Å². The summed E-state index contributed by atoms with van der Waals surface area (Å²) in [7, 11) is 0. The Morgan fingerprint density at radius 1 is 1.00 bits per heavy atom. The lowest BCUT2D eigenvalue weighted by atomic mass is 10.2. The average Bonchev–Trinajstić information content (AvgIpc) is 2.67. The van der Waals surface area contributed by atoms with Crippen molar-refractivity contribution in [2.45, 2.75) is 6.54 Å². The molecule has 1 aliphatic rings. The van der Waals surface area contributed by atoms with Gasteiger partial charge in [0.15, 0.2) is 0 Å². The van der Waals surface area contributed by atoms with Crippen LogP contribution in [0.25, 0.3) is 0 Å². The van der Waals surface area contributed by atoms with E-state index in [1.807, 2.05) is 30.3 Å². The average molecular weight is 405 g/mol. The lowest BCUT2D eigenvalue weighted by molar-refractivity contribution is -0.122. The maximum Gasteiger partial charge on any atom is 0.254 e. The van der Waals surface area contributed by atoms with Crippen molar-refractivity contribution in [3.05, 3.63) is 69.7 Å². The number of hydrogen-bond donors (Lipinski definition) is 1. The first-order valence-electron chi connectivity index (χ1n) is 8.86. The minimum absolute atomic E-state index is 0.121. The van der Waals surface area contributed by atoms with Crippen molar-refractivity contribution in [2.24, 2.45) is 5.10 Å². The Labute approximate surface area is 169 Å². The summed E-state index contributed by atoms with van der Waals surface area (Å²) in [5.41, 5.74) is 4.59. The van der Waals surface area contributed by atoms with E-state index in [0.717, 1.165) is 43.3 Å². The van der Waals surface area contributed by atoms with Gasteiger partial charge < -0.3 is 0 Å². The van der Waals surface area contributed by atoms with Crippen LogP contribution in [0.15, 0.2) is 53.6 Å². The standard InChI is InChI=1S/C20H22Cl2N4O/c21-18-7-5-16(6-8-18)14-25-9-11-26(12-10-25)15-20(27)24-23-13-17-3-1-2-4-19(17)22/h1-8,13H,9-12,14-15H2,(H,24,27)/b23-13+. The van der Waals surface area contributed by atoms with Gasteiger partial charge in [-0.3, -0.25) is 14.6 Å². The molecule has 7 heteroatoms. The van der Waals surface area contributed by atoms with Gasteiger partial charge >= 0.3 is 0 Å². The van der Waals surface area contributed by atoms with Gasteiger partial charge in [0.1, 0.15) is 0 Å². The van der Waals surface area contributed by atoms with Gasteiger partial charge in [-0.1, -0.05) is 53.5 Å². The summed E-state index contributed by atoms with van der Waals surface area (Å²) in [5.74, 6) is -0.121. The molecule has 142 valence electrons. The number of hydrazone groups is 1. The fourth-order valence-electron chi connectivity index (χ4n) is 2.95. The van der Waals surface area contributed by atoms with Gasteiger partial charge in [0.05, 0.1) is 12.8 Å². The van der Waals surface area contributed by atoms with Crippen LogP contribution in [-0.4, -0.2) is 54.6 Å². The molecular formula is C20H22Cl2N4O. The number of amides is 1. The van der Waals surface area contributed by atoms with Crippen molar-refractivity contribution in [3.8, 4) is 0 Å². The highest BCUT2D eigenvalue weighted by Crippen LogP contribution is 2.13. The second kappa shape index (κ2) is 9.85. The summed E-state index contributed by atoms with van der Waals surface area (Å²) in [4.78, 5) is 16.6. The number of piperazine rings is 1. The molecule has 3 rings (SSSR count). The van der Waals surface area contributed by atoms with Gasteiger partial charge in [0.25, 0.3) is 5.91 Å². The van der Waals surface area contributed by atoms with Crippen LogP contribution in [-0.2, 0) is 11.3 Å². The summed E-state index contributed by atoms with van der Waals surface area (Å²) in [6.45, 7) is 4.82. The van der Waals surface area contributed by atoms with E-state index in [4.69, 9.17) is 23.2 Å². The molecule has 0 saturated carbocycles. The summed E-state index contributed by atoms with van der Waals surface area (Å²) < 4.78 is 0. The number of nitrogens with one attached hydrogen (secondary N) is 1. The molecular weight excluding hydrogens is 383 g/mol. The Morgan fingerprint density at radius 3 is 2.37 bits per heavy atom. The zero-order valence-electron chi connectivity index (χ0n) is 14.9. The number of rotatable bonds is 6. The quantitative estimate of drug-likeness (QED) is 0.593. The van der Waals surface area contributed by atoms with E-state index in [1.165, 1.54) is 5.56 Å². The van der Waals surface area contributed by atoms with Gasteiger partial charge in [0, 0.05) is 48.3 Å². The van der Waals surface area contributed by atoms with Crippen LogP contribution in [0.1, 0.15) is 11.1 Å². The molecule has 0 aromatic heterocycles. The van der Waals surface area contributed by atoms with Crippen molar-refractivity contribution in [3.63, 3.8) is 0 Å². The fourth-order valence-corrected chi connectivity index (χ4v) is 3.26. The highest BCUT2D eigenvalue weighted by Gasteiger charge is 2.18. The molecule has 1 amide bonds. The minimum Gasteiger partial charge on any atom is -0.297 e. The second-order valence-electron chi connectivity index (χ2n) is 6.49. The van der Waals surface area contributed by atoms with Crippen molar-refractivity contribution in [1.29, 1.82) is 0 Å². The number of halogens is 2. The third-order valence-corrected chi connectivity index (χ3v) is 5.05. The van der Waals surface area contributed by atoms with E-state index >= 15 is 0 Å². The third kappa shape index (κ3) is 6.33. The monoisotopic (exact) mass is 404 g/mol. The minimum atomic E-state index is -0.121. The Kier molecular flexibility index (Phi) is 7.24.